The van der Waals surface area contributed by atoms with Gasteiger partial charge in [-0.3, -0.25) is 14.6 Å². The van der Waals surface area contributed by atoms with Crippen LogP contribution in [0.1, 0.15) is 37.7 Å². The van der Waals surface area contributed by atoms with E-state index in [9.17, 15) is 9.59 Å². The highest BCUT2D eigenvalue weighted by Gasteiger charge is 2.50. The Labute approximate surface area is 136 Å². The summed E-state index contributed by atoms with van der Waals surface area (Å²) in [5, 5.41) is 0. The van der Waals surface area contributed by atoms with E-state index in [0.717, 1.165) is 50.8 Å². The number of aromatic nitrogens is 1. The molecule has 3 fully saturated rings. The second kappa shape index (κ2) is 5.62. The minimum Gasteiger partial charge on any atom is -0.341 e. The van der Waals surface area contributed by atoms with E-state index in [2.05, 4.69) is 4.98 Å². The van der Waals surface area contributed by atoms with Crippen LogP contribution in [0.25, 0.3) is 0 Å². The Hall–Kier alpha value is -1.91. The summed E-state index contributed by atoms with van der Waals surface area (Å²) in [7, 11) is 0. The SMILES string of the molecule is O=C(C1CC1)N1CCCC2(CCN(Cc3ccncc3)C2=O)C1. The van der Waals surface area contributed by atoms with Gasteiger partial charge in [-0.15, -0.1) is 0 Å². The average molecular weight is 313 g/mol. The van der Waals surface area contributed by atoms with Crippen LogP contribution in [0.5, 0.6) is 0 Å². The summed E-state index contributed by atoms with van der Waals surface area (Å²) >= 11 is 0. The van der Waals surface area contributed by atoms with Gasteiger partial charge < -0.3 is 9.80 Å². The lowest BCUT2D eigenvalue weighted by molar-refractivity contribution is -0.144. The third-order valence-corrected chi connectivity index (χ3v) is 5.54. The van der Waals surface area contributed by atoms with Gasteiger partial charge in [-0.05, 0) is 49.8 Å². The molecule has 122 valence electrons. The summed E-state index contributed by atoms with van der Waals surface area (Å²) in [6.07, 6.45) is 8.35. The largest absolute Gasteiger partial charge is 0.341 e. The highest BCUT2D eigenvalue weighted by atomic mass is 16.2. The number of likely N-dealkylation sites (tertiary alicyclic amines) is 2. The molecule has 1 spiro atoms. The van der Waals surface area contributed by atoms with Crippen molar-refractivity contribution in [3.05, 3.63) is 30.1 Å². The van der Waals surface area contributed by atoms with Gasteiger partial charge in [-0.25, -0.2) is 0 Å². The number of carbonyl (C=O) groups excluding carboxylic acids is 2. The second-order valence-electron chi connectivity index (χ2n) is 7.25. The van der Waals surface area contributed by atoms with E-state index in [1.54, 1.807) is 12.4 Å². The standard InChI is InChI=1S/C18H23N3O2/c22-16(15-2-3-15)21-10-1-6-18(13-21)7-11-20(17(18)23)12-14-4-8-19-9-5-14/h4-5,8-9,15H,1-3,6-7,10-13H2. The zero-order valence-corrected chi connectivity index (χ0v) is 13.4. The quantitative estimate of drug-likeness (QED) is 0.855. The van der Waals surface area contributed by atoms with Gasteiger partial charge in [0, 0.05) is 44.5 Å². The molecule has 5 heteroatoms. The highest BCUT2D eigenvalue weighted by molar-refractivity contribution is 5.87. The Kier molecular flexibility index (Phi) is 3.58. The van der Waals surface area contributed by atoms with Crippen LogP contribution in [-0.4, -0.2) is 46.2 Å². The van der Waals surface area contributed by atoms with Gasteiger partial charge in [0.25, 0.3) is 0 Å². The number of hydrogen-bond donors (Lipinski definition) is 0. The number of hydrogen-bond acceptors (Lipinski definition) is 3. The lowest BCUT2D eigenvalue weighted by Gasteiger charge is -2.39. The van der Waals surface area contributed by atoms with Gasteiger partial charge in [0.2, 0.25) is 11.8 Å². The minimum atomic E-state index is -0.324. The van der Waals surface area contributed by atoms with Crippen molar-refractivity contribution in [2.75, 3.05) is 19.6 Å². The Balaban J connectivity index is 1.46. The lowest BCUT2D eigenvalue weighted by atomic mass is 9.78. The third kappa shape index (κ3) is 2.73. The van der Waals surface area contributed by atoms with E-state index in [1.807, 2.05) is 21.9 Å². The first-order chi connectivity index (χ1) is 11.2. The Morgan fingerprint density at radius 2 is 2.00 bits per heavy atom. The summed E-state index contributed by atoms with van der Waals surface area (Å²) in [5.74, 6) is 0.765. The first-order valence-electron chi connectivity index (χ1n) is 8.65. The van der Waals surface area contributed by atoms with Crippen LogP contribution in [0.3, 0.4) is 0 Å². The Morgan fingerprint density at radius 1 is 1.22 bits per heavy atom. The summed E-state index contributed by atoms with van der Waals surface area (Å²) < 4.78 is 0. The molecule has 0 N–H and O–H groups in total. The molecular formula is C18H23N3O2. The lowest BCUT2D eigenvalue weighted by Crippen LogP contribution is -2.50. The van der Waals surface area contributed by atoms with E-state index in [4.69, 9.17) is 0 Å². The van der Waals surface area contributed by atoms with Crippen LogP contribution in [0.15, 0.2) is 24.5 Å². The fourth-order valence-corrected chi connectivity index (χ4v) is 4.04. The molecule has 1 aromatic heterocycles. The van der Waals surface area contributed by atoms with Crippen molar-refractivity contribution in [3.8, 4) is 0 Å². The second-order valence-corrected chi connectivity index (χ2v) is 7.25. The van der Waals surface area contributed by atoms with Crippen LogP contribution < -0.4 is 0 Å². The average Bonchev–Trinajstić information content (AvgIpc) is 3.39. The summed E-state index contributed by atoms with van der Waals surface area (Å²) in [6.45, 7) is 2.91. The maximum absolute atomic E-state index is 13.0. The van der Waals surface area contributed by atoms with Crippen LogP contribution in [0.2, 0.25) is 0 Å². The molecule has 4 rings (SSSR count). The fraction of sp³-hybridized carbons (Fsp3) is 0.611. The Morgan fingerprint density at radius 3 is 2.74 bits per heavy atom. The molecule has 1 saturated carbocycles. The molecule has 23 heavy (non-hydrogen) atoms. The molecular weight excluding hydrogens is 290 g/mol. The maximum Gasteiger partial charge on any atom is 0.230 e. The van der Waals surface area contributed by atoms with Crippen molar-refractivity contribution >= 4 is 11.8 Å². The predicted molar refractivity (Wildman–Crippen MR) is 85.2 cm³/mol. The third-order valence-electron chi connectivity index (χ3n) is 5.54. The topological polar surface area (TPSA) is 53.5 Å². The monoisotopic (exact) mass is 313 g/mol. The van der Waals surface area contributed by atoms with Crippen molar-refractivity contribution in [2.45, 2.75) is 38.6 Å². The molecule has 0 aromatic carbocycles. The van der Waals surface area contributed by atoms with Crippen molar-refractivity contribution in [1.82, 2.24) is 14.8 Å². The highest BCUT2D eigenvalue weighted by Crippen LogP contribution is 2.42. The van der Waals surface area contributed by atoms with E-state index < -0.39 is 0 Å². The summed E-state index contributed by atoms with van der Waals surface area (Å²) in [6, 6.07) is 3.92. The van der Waals surface area contributed by atoms with Crippen LogP contribution in [0, 0.1) is 11.3 Å². The normalized spacial score (nSPS) is 27.7. The molecule has 1 aliphatic carbocycles. The molecule has 3 heterocycles. The number of carbonyl (C=O) groups is 2. The van der Waals surface area contributed by atoms with Gasteiger partial charge in [0.05, 0.1) is 5.41 Å². The van der Waals surface area contributed by atoms with Crippen LogP contribution in [0.4, 0.5) is 0 Å². The smallest absolute Gasteiger partial charge is 0.230 e. The maximum atomic E-state index is 13.0. The fourth-order valence-electron chi connectivity index (χ4n) is 4.04. The van der Waals surface area contributed by atoms with Gasteiger partial charge in [-0.1, -0.05) is 0 Å². The Bertz CT molecular complexity index is 614. The molecule has 3 aliphatic rings. The summed E-state index contributed by atoms with van der Waals surface area (Å²) in [4.78, 5) is 33.3. The molecule has 0 radical (unpaired) electrons. The van der Waals surface area contributed by atoms with Gasteiger partial charge in [-0.2, -0.15) is 0 Å². The molecule has 2 amide bonds. The number of amides is 2. The number of rotatable bonds is 3. The van der Waals surface area contributed by atoms with Gasteiger partial charge >= 0.3 is 0 Å². The van der Waals surface area contributed by atoms with E-state index in [0.29, 0.717) is 13.1 Å². The predicted octanol–water partition coefficient (Wildman–Crippen LogP) is 1.83. The molecule has 2 aliphatic heterocycles. The van der Waals surface area contributed by atoms with E-state index in [1.165, 1.54) is 0 Å². The van der Waals surface area contributed by atoms with Crippen LogP contribution >= 0.6 is 0 Å². The van der Waals surface area contributed by atoms with Crippen molar-refractivity contribution in [2.24, 2.45) is 11.3 Å². The number of nitrogens with zero attached hydrogens (tertiary/aromatic N) is 3. The van der Waals surface area contributed by atoms with Crippen molar-refractivity contribution < 1.29 is 9.59 Å². The zero-order valence-electron chi connectivity index (χ0n) is 13.4. The number of piperidine rings is 1. The van der Waals surface area contributed by atoms with Crippen molar-refractivity contribution in [3.63, 3.8) is 0 Å². The molecule has 1 unspecified atom stereocenters. The van der Waals surface area contributed by atoms with E-state index >= 15 is 0 Å². The first kappa shape index (κ1) is 14.7. The summed E-state index contributed by atoms with van der Waals surface area (Å²) in [5.41, 5.74) is 0.794. The molecule has 2 saturated heterocycles. The first-order valence-corrected chi connectivity index (χ1v) is 8.65. The van der Waals surface area contributed by atoms with Crippen LogP contribution in [-0.2, 0) is 16.1 Å². The number of pyridine rings is 1. The zero-order chi connectivity index (χ0) is 15.9. The van der Waals surface area contributed by atoms with Crippen molar-refractivity contribution in [1.29, 1.82) is 0 Å². The molecule has 5 nitrogen and oxygen atoms in total. The van der Waals surface area contributed by atoms with Gasteiger partial charge in [0.15, 0.2) is 0 Å². The van der Waals surface area contributed by atoms with E-state index in [-0.39, 0.29) is 23.1 Å². The minimum absolute atomic E-state index is 0.239. The molecule has 0 bridgehead atoms. The van der Waals surface area contributed by atoms with Gasteiger partial charge in [0.1, 0.15) is 0 Å². The molecule has 1 atom stereocenters. The molecule has 1 aromatic rings.